The predicted molar refractivity (Wildman–Crippen MR) is 69.3 cm³/mol. The lowest BCUT2D eigenvalue weighted by molar-refractivity contribution is -0.137. The summed E-state index contributed by atoms with van der Waals surface area (Å²) in [5.41, 5.74) is 5.32. The maximum absolute atomic E-state index is 10.4. The number of hydrogen-bond acceptors (Lipinski definition) is 5. The Bertz CT molecular complexity index is 204. The summed E-state index contributed by atoms with van der Waals surface area (Å²) >= 11 is 1.33. The van der Waals surface area contributed by atoms with Gasteiger partial charge in [-0.15, -0.1) is 0 Å². The van der Waals surface area contributed by atoms with Gasteiger partial charge in [-0.05, 0) is 6.42 Å². The van der Waals surface area contributed by atoms with Crippen molar-refractivity contribution in [3.05, 3.63) is 0 Å². The van der Waals surface area contributed by atoms with Crippen LogP contribution in [0.3, 0.4) is 0 Å². The van der Waals surface area contributed by atoms with E-state index in [1.54, 1.807) is 0 Å². The van der Waals surface area contributed by atoms with E-state index in [2.05, 4.69) is 6.92 Å². The van der Waals surface area contributed by atoms with Crippen molar-refractivity contribution in [3.8, 4) is 0 Å². The van der Waals surface area contributed by atoms with Crippen LogP contribution in [0.4, 0.5) is 0 Å². The van der Waals surface area contributed by atoms with Crippen LogP contribution in [0.5, 0.6) is 0 Å². The first-order chi connectivity index (χ1) is 8.07. The second-order valence-electron chi connectivity index (χ2n) is 3.92. The molecule has 2 unspecified atom stereocenters. The molecule has 0 aromatic heterocycles. The molecule has 0 heterocycles. The number of carboxylic acid groups (broad SMARTS) is 1. The zero-order chi connectivity index (χ0) is 13.1. The van der Waals surface area contributed by atoms with Gasteiger partial charge in [0.05, 0.1) is 12.7 Å². The van der Waals surface area contributed by atoms with E-state index in [4.69, 9.17) is 15.6 Å². The highest BCUT2D eigenvalue weighted by atomic mass is 32.2. The van der Waals surface area contributed by atoms with Gasteiger partial charge >= 0.3 is 5.97 Å². The van der Waals surface area contributed by atoms with Crippen LogP contribution >= 0.6 is 11.8 Å². The molecule has 0 aliphatic rings. The van der Waals surface area contributed by atoms with E-state index in [-0.39, 0.29) is 0 Å². The highest BCUT2D eigenvalue weighted by Gasteiger charge is 2.12. The molecule has 17 heavy (non-hydrogen) atoms. The van der Waals surface area contributed by atoms with E-state index < -0.39 is 18.1 Å². The number of aliphatic hydroxyl groups excluding tert-OH is 1. The third-order valence-corrected chi connectivity index (χ3v) is 3.34. The van der Waals surface area contributed by atoms with E-state index in [1.165, 1.54) is 11.8 Å². The van der Waals surface area contributed by atoms with Gasteiger partial charge in [0, 0.05) is 18.1 Å². The van der Waals surface area contributed by atoms with Crippen molar-refractivity contribution in [2.45, 2.75) is 38.3 Å². The Morgan fingerprint density at radius 3 is 2.71 bits per heavy atom. The van der Waals surface area contributed by atoms with Crippen LogP contribution in [-0.4, -0.2) is 53.0 Å². The third-order valence-electron chi connectivity index (χ3n) is 2.13. The summed E-state index contributed by atoms with van der Waals surface area (Å²) in [5, 5.41) is 18.1. The van der Waals surface area contributed by atoms with Crippen molar-refractivity contribution >= 4 is 17.7 Å². The molecule has 0 bridgehead atoms. The summed E-state index contributed by atoms with van der Waals surface area (Å²) in [6.07, 6.45) is 2.75. The van der Waals surface area contributed by atoms with Crippen molar-refractivity contribution in [3.63, 3.8) is 0 Å². The Labute approximate surface area is 107 Å². The summed E-state index contributed by atoms with van der Waals surface area (Å²) in [7, 11) is 0. The molecular weight excluding hydrogens is 242 g/mol. The quantitative estimate of drug-likeness (QED) is 0.476. The Hall–Kier alpha value is -0.300. The van der Waals surface area contributed by atoms with Crippen molar-refractivity contribution in [2.75, 3.05) is 24.7 Å². The molecule has 4 N–H and O–H groups in total. The zero-order valence-electron chi connectivity index (χ0n) is 10.3. The highest BCUT2D eigenvalue weighted by Crippen LogP contribution is 2.05. The Kier molecular flexibility index (Phi) is 10.6. The minimum Gasteiger partial charge on any atom is -0.480 e. The summed E-state index contributed by atoms with van der Waals surface area (Å²) < 4.78 is 5.29. The number of aliphatic hydroxyl groups is 1. The van der Waals surface area contributed by atoms with Gasteiger partial charge in [-0.25, -0.2) is 0 Å². The fourth-order valence-corrected chi connectivity index (χ4v) is 2.02. The number of aliphatic carboxylic acids is 1. The smallest absolute Gasteiger partial charge is 0.321 e. The topological polar surface area (TPSA) is 92.8 Å². The summed E-state index contributed by atoms with van der Waals surface area (Å²) in [4.78, 5) is 10.4. The van der Waals surface area contributed by atoms with Crippen LogP contribution in [-0.2, 0) is 9.53 Å². The van der Waals surface area contributed by atoms with Gasteiger partial charge in [0.15, 0.2) is 0 Å². The average Bonchev–Trinajstić information content (AvgIpc) is 2.28. The van der Waals surface area contributed by atoms with Crippen LogP contribution in [0.1, 0.15) is 26.2 Å². The Balaban J connectivity index is 3.34. The van der Waals surface area contributed by atoms with Crippen LogP contribution in [0.25, 0.3) is 0 Å². The van der Waals surface area contributed by atoms with Crippen LogP contribution in [0.15, 0.2) is 0 Å². The molecule has 0 aromatic carbocycles. The van der Waals surface area contributed by atoms with Gasteiger partial charge in [0.1, 0.15) is 6.04 Å². The first kappa shape index (κ1) is 16.7. The van der Waals surface area contributed by atoms with E-state index in [1.807, 2.05) is 0 Å². The van der Waals surface area contributed by atoms with E-state index in [0.29, 0.717) is 24.7 Å². The van der Waals surface area contributed by atoms with Crippen LogP contribution in [0.2, 0.25) is 0 Å². The molecule has 0 saturated carbocycles. The van der Waals surface area contributed by atoms with Gasteiger partial charge in [0.25, 0.3) is 0 Å². The van der Waals surface area contributed by atoms with Gasteiger partial charge in [-0.1, -0.05) is 19.8 Å². The molecule has 0 fully saturated rings. The van der Waals surface area contributed by atoms with E-state index >= 15 is 0 Å². The fourth-order valence-electron chi connectivity index (χ4n) is 1.12. The second-order valence-corrected chi connectivity index (χ2v) is 4.99. The second kappa shape index (κ2) is 10.8. The minimum absolute atomic E-state index is 0.305. The molecule has 0 aliphatic carbocycles. The van der Waals surface area contributed by atoms with Gasteiger partial charge in [0.2, 0.25) is 0 Å². The van der Waals surface area contributed by atoms with Crippen molar-refractivity contribution in [1.29, 1.82) is 0 Å². The number of unbranched alkanes of at least 4 members (excludes halogenated alkanes) is 2. The molecule has 0 aliphatic heterocycles. The molecule has 5 nitrogen and oxygen atoms in total. The number of rotatable bonds is 11. The maximum atomic E-state index is 10.4. The molecule has 6 heteroatoms. The summed E-state index contributed by atoms with van der Waals surface area (Å²) in [6, 6.07) is -0.863. The lowest BCUT2D eigenvalue weighted by Crippen LogP contribution is -2.33. The standard InChI is InChI=1S/C11H23NO4S/c1-2-3-4-5-16-6-9(13)7-17-8-10(12)11(14)15/h9-10,13H,2-8,12H2,1H3,(H,14,15). The first-order valence-corrected chi connectivity index (χ1v) is 7.05. The number of carbonyl (C=O) groups is 1. The number of ether oxygens (including phenoxy) is 1. The predicted octanol–water partition coefficient (Wildman–Crippen LogP) is 0.699. The summed E-state index contributed by atoms with van der Waals surface area (Å²) in [6.45, 7) is 3.10. The fraction of sp³-hybridized carbons (Fsp3) is 0.909. The lowest BCUT2D eigenvalue weighted by atomic mass is 10.3. The molecular formula is C11H23NO4S. The molecule has 0 rings (SSSR count). The summed E-state index contributed by atoms with van der Waals surface area (Å²) in [5.74, 6) is -0.250. The van der Waals surface area contributed by atoms with Gasteiger partial charge < -0.3 is 20.7 Å². The van der Waals surface area contributed by atoms with E-state index in [9.17, 15) is 9.90 Å². The van der Waals surface area contributed by atoms with E-state index in [0.717, 1.165) is 19.3 Å². The largest absolute Gasteiger partial charge is 0.480 e. The van der Waals surface area contributed by atoms with Crippen molar-refractivity contribution in [2.24, 2.45) is 5.73 Å². The minimum atomic E-state index is -1.01. The van der Waals surface area contributed by atoms with Crippen LogP contribution < -0.4 is 5.73 Å². The maximum Gasteiger partial charge on any atom is 0.321 e. The molecule has 0 saturated heterocycles. The van der Waals surface area contributed by atoms with Gasteiger partial charge in [-0.2, -0.15) is 11.8 Å². The monoisotopic (exact) mass is 265 g/mol. The number of carboxylic acids is 1. The molecule has 0 radical (unpaired) electrons. The average molecular weight is 265 g/mol. The number of nitrogens with two attached hydrogens (primary N) is 1. The van der Waals surface area contributed by atoms with Crippen molar-refractivity contribution < 1.29 is 19.7 Å². The van der Waals surface area contributed by atoms with Gasteiger partial charge in [-0.3, -0.25) is 4.79 Å². The SMILES string of the molecule is CCCCCOCC(O)CSCC(N)C(=O)O. The van der Waals surface area contributed by atoms with Crippen LogP contribution in [0, 0.1) is 0 Å². The lowest BCUT2D eigenvalue weighted by Gasteiger charge is -2.12. The number of thioether (sulfide) groups is 1. The molecule has 0 aromatic rings. The molecule has 0 amide bonds. The normalized spacial score (nSPS) is 14.5. The molecule has 0 spiro atoms. The molecule has 2 atom stereocenters. The Morgan fingerprint density at radius 1 is 1.41 bits per heavy atom. The first-order valence-electron chi connectivity index (χ1n) is 5.89. The number of hydrogen-bond donors (Lipinski definition) is 3. The zero-order valence-corrected chi connectivity index (χ0v) is 11.1. The third kappa shape index (κ3) is 10.6. The highest BCUT2D eigenvalue weighted by molar-refractivity contribution is 7.99. The molecule has 102 valence electrons. The van der Waals surface area contributed by atoms with Crippen molar-refractivity contribution in [1.82, 2.24) is 0 Å². The Morgan fingerprint density at radius 2 is 2.12 bits per heavy atom.